The number of Topliss-reactive ketones (excluding diaryl/α,β-unsaturated/α-hetero) is 1. The zero-order valence-electron chi connectivity index (χ0n) is 10.2. The first kappa shape index (κ1) is 13.3. The van der Waals surface area contributed by atoms with E-state index in [0.29, 0.717) is 5.56 Å². The number of hydrogen-bond donors (Lipinski definition) is 0. The molecule has 0 heterocycles. The van der Waals surface area contributed by atoms with Crippen molar-refractivity contribution in [2.24, 2.45) is 0 Å². The van der Waals surface area contributed by atoms with Gasteiger partial charge >= 0.3 is 0 Å². The Labute approximate surface area is 108 Å². The van der Waals surface area contributed by atoms with Gasteiger partial charge in [0.25, 0.3) is 0 Å². The number of rotatable bonds is 3. The Bertz CT molecular complexity index is 615. The van der Waals surface area contributed by atoms with Crippen LogP contribution in [-0.4, -0.2) is 5.78 Å². The Balaban J connectivity index is 2.25. The molecule has 0 amide bonds. The van der Waals surface area contributed by atoms with Crippen molar-refractivity contribution in [1.82, 2.24) is 0 Å². The van der Waals surface area contributed by atoms with Gasteiger partial charge in [-0.15, -0.1) is 0 Å². The second-order valence-electron chi connectivity index (χ2n) is 4.35. The van der Waals surface area contributed by atoms with Crippen molar-refractivity contribution in [1.29, 1.82) is 0 Å². The molecule has 2 aromatic rings. The van der Waals surface area contributed by atoms with Crippen LogP contribution in [0.1, 0.15) is 21.5 Å². The van der Waals surface area contributed by atoms with Crippen molar-refractivity contribution in [3.8, 4) is 0 Å². The van der Waals surface area contributed by atoms with E-state index in [2.05, 4.69) is 0 Å². The van der Waals surface area contributed by atoms with E-state index < -0.39 is 23.2 Å². The Hall–Kier alpha value is -2.10. The van der Waals surface area contributed by atoms with Gasteiger partial charge in [0, 0.05) is 18.1 Å². The fourth-order valence-electron chi connectivity index (χ4n) is 1.84. The van der Waals surface area contributed by atoms with Crippen molar-refractivity contribution in [2.75, 3.05) is 0 Å². The van der Waals surface area contributed by atoms with Crippen LogP contribution in [0.5, 0.6) is 0 Å². The zero-order valence-corrected chi connectivity index (χ0v) is 10.2. The largest absolute Gasteiger partial charge is 0.294 e. The molecule has 0 unspecified atom stereocenters. The predicted octanol–water partition coefficient (Wildman–Crippen LogP) is 3.84. The Morgan fingerprint density at radius 3 is 2.37 bits per heavy atom. The molecule has 0 saturated carbocycles. The second kappa shape index (κ2) is 5.26. The smallest absolute Gasteiger partial charge is 0.167 e. The van der Waals surface area contributed by atoms with Crippen LogP contribution in [0.4, 0.5) is 13.2 Å². The van der Waals surface area contributed by atoms with Gasteiger partial charge in [-0.25, -0.2) is 13.2 Å². The molecule has 0 radical (unpaired) electrons. The normalized spacial score (nSPS) is 10.5. The van der Waals surface area contributed by atoms with Gasteiger partial charge in [0.15, 0.2) is 5.78 Å². The number of aryl methyl sites for hydroxylation is 1. The molecule has 1 nitrogen and oxygen atoms in total. The van der Waals surface area contributed by atoms with Gasteiger partial charge in [0.1, 0.15) is 17.5 Å². The van der Waals surface area contributed by atoms with E-state index in [4.69, 9.17) is 0 Å². The molecule has 0 saturated heterocycles. The van der Waals surface area contributed by atoms with E-state index in [9.17, 15) is 18.0 Å². The minimum absolute atomic E-state index is 0.0910. The molecule has 0 fully saturated rings. The SMILES string of the molecule is Cc1cc(F)cc(C(=O)Cc2ccc(F)cc2F)c1. The highest BCUT2D eigenvalue weighted by Gasteiger charge is 2.12. The molecule has 0 N–H and O–H groups in total. The number of ketones is 1. The highest BCUT2D eigenvalue weighted by Crippen LogP contribution is 2.15. The number of benzene rings is 2. The van der Waals surface area contributed by atoms with Crippen LogP contribution in [0.15, 0.2) is 36.4 Å². The molecule has 0 aliphatic heterocycles. The lowest BCUT2D eigenvalue weighted by Gasteiger charge is -2.04. The molecule has 0 spiro atoms. The summed E-state index contributed by atoms with van der Waals surface area (Å²) < 4.78 is 39.3. The van der Waals surface area contributed by atoms with E-state index in [0.717, 1.165) is 18.2 Å². The summed E-state index contributed by atoms with van der Waals surface area (Å²) in [7, 11) is 0. The third-order valence-electron chi connectivity index (χ3n) is 2.73. The Morgan fingerprint density at radius 1 is 1.00 bits per heavy atom. The zero-order chi connectivity index (χ0) is 14.0. The number of halogens is 3. The maximum atomic E-state index is 13.4. The van der Waals surface area contributed by atoms with E-state index in [1.807, 2.05) is 0 Å². The monoisotopic (exact) mass is 264 g/mol. The van der Waals surface area contributed by atoms with Gasteiger partial charge in [-0.05, 0) is 42.3 Å². The van der Waals surface area contributed by atoms with E-state index in [1.54, 1.807) is 6.92 Å². The highest BCUT2D eigenvalue weighted by atomic mass is 19.1. The van der Waals surface area contributed by atoms with Gasteiger partial charge in [-0.2, -0.15) is 0 Å². The van der Waals surface area contributed by atoms with Crippen LogP contribution < -0.4 is 0 Å². The van der Waals surface area contributed by atoms with Crippen molar-refractivity contribution in [3.63, 3.8) is 0 Å². The predicted molar refractivity (Wildman–Crippen MR) is 65.5 cm³/mol. The van der Waals surface area contributed by atoms with Crippen LogP contribution >= 0.6 is 0 Å². The first-order chi connectivity index (χ1) is 8.95. The minimum atomic E-state index is -0.776. The summed E-state index contributed by atoms with van der Waals surface area (Å²) in [6.45, 7) is 1.67. The van der Waals surface area contributed by atoms with Crippen molar-refractivity contribution in [3.05, 3.63) is 70.5 Å². The van der Waals surface area contributed by atoms with Crippen LogP contribution in [-0.2, 0) is 6.42 Å². The molecule has 0 aliphatic rings. The standard InChI is InChI=1S/C15H11F3O/c1-9-4-11(6-13(17)5-9)15(19)7-10-2-3-12(16)8-14(10)18/h2-6,8H,7H2,1H3. The van der Waals surface area contributed by atoms with Crippen molar-refractivity contribution < 1.29 is 18.0 Å². The molecule has 2 rings (SSSR count). The van der Waals surface area contributed by atoms with Crippen molar-refractivity contribution in [2.45, 2.75) is 13.3 Å². The molecule has 19 heavy (non-hydrogen) atoms. The molecular weight excluding hydrogens is 253 g/mol. The minimum Gasteiger partial charge on any atom is -0.294 e. The van der Waals surface area contributed by atoms with Crippen LogP contribution in [0.3, 0.4) is 0 Å². The summed E-state index contributed by atoms with van der Waals surface area (Å²) in [5, 5.41) is 0. The molecule has 0 aliphatic carbocycles. The summed E-state index contributed by atoms with van der Waals surface area (Å²) in [5.74, 6) is -2.40. The molecule has 0 aromatic heterocycles. The van der Waals surface area contributed by atoms with Gasteiger partial charge in [-0.1, -0.05) is 6.07 Å². The summed E-state index contributed by atoms with van der Waals surface area (Å²) in [5.41, 5.74) is 0.887. The van der Waals surface area contributed by atoms with Crippen molar-refractivity contribution >= 4 is 5.78 Å². The summed E-state index contributed by atoms with van der Waals surface area (Å²) >= 11 is 0. The van der Waals surface area contributed by atoms with Crippen LogP contribution in [0.2, 0.25) is 0 Å². The molecular formula is C15H11F3O. The first-order valence-electron chi connectivity index (χ1n) is 5.70. The van der Waals surface area contributed by atoms with E-state index in [1.165, 1.54) is 18.2 Å². The third-order valence-corrected chi connectivity index (χ3v) is 2.73. The maximum absolute atomic E-state index is 13.4. The van der Waals surface area contributed by atoms with E-state index >= 15 is 0 Å². The third kappa shape index (κ3) is 3.22. The number of hydrogen-bond acceptors (Lipinski definition) is 1. The average Bonchev–Trinajstić information content (AvgIpc) is 2.31. The lowest BCUT2D eigenvalue weighted by atomic mass is 10.0. The average molecular weight is 264 g/mol. The maximum Gasteiger partial charge on any atom is 0.167 e. The van der Waals surface area contributed by atoms with Gasteiger partial charge in [-0.3, -0.25) is 4.79 Å². The molecule has 4 heteroatoms. The van der Waals surface area contributed by atoms with Gasteiger partial charge in [0.05, 0.1) is 0 Å². The van der Waals surface area contributed by atoms with Gasteiger partial charge in [0.2, 0.25) is 0 Å². The molecule has 2 aromatic carbocycles. The van der Waals surface area contributed by atoms with Crippen LogP contribution in [0, 0.1) is 24.4 Å². The van der Waals surface area contributed by atoms with Gasteiger partial charge < -0.3 is 0 Å². The van der Waals surface area contributed by atoms with E-state index in [-0.39, 0.29) is 17.5 Å². The summed E-state index contributed by atoms with van der Waals surface area (Å²) in [6, 6.07) is 6.97. The lowest BCUT2D eigenvalue weighted by Crippen LogP contribution is -2.06. The fourth-order valence-corrected chi connectivity index (χ4v) is 1.84. The lowest BCUT2D eigenvalue weighted by molar-refractivity contribution is 0.0991. The molecule has 98 valence electrons. The Morgan fingerprint density at radius 2 is 1.74 bits per heavy atom. The molecule has 0 atom stereocenters. The summed E-state index contributed by atoms with van der Waals surface area (Å²) in [4.78, 5) is 11.9. The number of carbonyl (C=O) groups excluding carboxylic acids is 1. The summed E-state index contributed by atoms with van der Waals surface area (Å²) in [6.07, 6.45) is -0.227. The topological polar surface area (TPSA) is 17.1 Å². The molecule has 0 bridgehead atoms. The first-order valence-corrected chi connectivity index (χ1v) is 5.70. The number of carbonyl (C=O) groups is 1. The quantitative estimate of drug-likeness (QED) is 0.770. The fraction of sp³-hybridized carbons (Fsp3) is 0.133. The highest BCUT2D eigenvalue weighted by molar-refractivity contribution is 5.97. The Kier molecular flexibility index (Phi) is 3.69. The second-order valence-corrected chi connectivity index (χ2v) is 4.35. The van der Waals surface area contributed by atoms with Crippen LogP contribution in [0.25, 0.3) is 0 Å².